The van der Waals surface area contributed by atoms with Crippen LogP contribution in [-0.2, 0) is 19.2 Å². The molecule has 32 heavy (non-hydrogen) atoms. The SMILES string of the molecule is CSCCC(N)C(=O)NC(CC(C)C)C(=O)NC(CO)C(=O)NC(CCCCN)C(=O)O. The van der Waals surface area contributed by atoms with Gasteiger partial charge < -0.3 is 37.6 Å². The molecule has 186 valence electrons. The number of hydrogen-bond donors (Lipinski definition) is 7. The minimum atomic E-state index is -1.37. The van der Waals surface area contributed by atoms with Crippen LogP contribution < -0.4 is 27.4 Å². The van der Waals surface area contributed by atoms with Crippen molar-refractivity contribution in [3.63, 3.8) is 0 Å². The van der Waals surface area contributed by atoms with Crippen LogP contribution in [0.15, 0.2) is 0 Å². The van der Waals surface area contributed by atoms with Crippen molar-refractivity contribution in [3.8, 4) is 0 Å². The van der Waals surface area contributed by atoms with E-state index >= 15 is 0 Å². The maximum atomic E-state index is 12.8. The monoisotopic (exact) mass is 477 g/mol. The van der Waals surface area contributed by atoms with Gasteiger partial charge in [-0.2, -0.15) is 11.8 Å². The van der Waals surface area contributed by atoms with Crippen LogP contribution in [0.5, 0.6) is 0 Å². The Labute approximate surface area is 193 Å². The first-order chi connectivity index (χ1) is 15.1. The number of nitrogens with two attached hydrogens (primary N) is 2. The first-order valence-corrected chi connectivity index (χ1v) is 12.2. The van der Waals surface area contributed by atoms with Gasteiger partial charge in [0.15, 0.2) is 0 Å². The molecule has 0 aromatic rings. The fourth-order valence-electron chi connectivity index (χ4n) is 2.85. The molecule has 0 saturated carbocycles. The lowest BCUT2D eigenvalue weighted by molar-refractivity contribution is -0.142. The van der Waals surface area contributed by atoms with E-state index in [1.54, 1.807) is 11.8 Å². The van der Waals surface area contributed by atoms with E-state index in [1.807, 2.05) is 20.1 Å². The predicted octanol–water partition coefficient (Wildman–Crippen LogP) is -1.23. The van der Waals surface area contributed by atoms with Gasteiger partial charge in [-0.1, -0.05) is 13.8 Å². The molecule has 0 heterocycles. The average Bonchev–Trinajstić information content (AvgIpc) is 2.73. The van der Waals surface area contributed by atoms with Crippen LogP contribution in [0.4, 0.5) is 0 Å². The zero-order valence-electron chi connectivity index (χ0n) is 19.1. The second-order valence-electron chi connectivity index (χ2n) is 8.01. The summed E-state index contributed by atoms with van der Waals surface area (Å²) in [5.41, 5.74) is 11.3. The lowest BCUT2D eigenvalue weighted by Crippen LogP contribution is -2.58. The summed E-state index contributed by atoms with van der Waals surface area (Å²) < 4.78 is 0. The molecule has 3 amide bonds. The van der Waals surface area contributed by atoms with Crippen molar-refractivity contribution in [2.24, 2.45) is 17.4 Å². The molecule has 4 atom stereocenters. The first kappa shape index (κ1) is 30.1. The molecule has 11 nitrogen and oxygen atoms in total. The minimum Gasteiger partial charge on any atom is -0.480 e. The molecule has 0 aliphatic carbocycles. The molecule has 0 radical (unpaired) electrons. The number of hydrogen-bond acceptors (Lipinski definition) is 8. The summed E-state index contributed by atoms with van der Waals surface area (Å²) in [4.78, 5) is 49.0. The number of aliphatic hydroxyl groups is 1. The Morgan fingerprint density at radius 1 is 0.906 bits per heavy atom. The number of nitrogens with one attached hydrogen (secondary N) is 3. The first-order valence-electron chi connectivity index (χ1n) is 10.8. The fraction of sp³-hybridized carbons (Fsp3) is 0.800. The van der Waals surface area contributed by atoms with E-state index < -0.39 is 54.5 Å². The van der Waals surface area contributed by atoms with E-state index in [2.05, 4.69) is 16.0 Å². The molecule has 0 rings (SSSR count). The van der Waals surface area contributed by atoms with E-state index in [-0.39, 0.29) is 12.3 Å². The molecule has 0 fully saturated rings. The van der Waals surface area contributed by atoms with Gasteiger partial charge in [-0.15, -0.1) is 0 Å². The van der Waals surface area contributed by atoms with E-state index in [0.29, 0.717) is 38.0 Å². The van der Waals surface area contributed by atoms with Gasteiger partial charge in [0.1, 0.15) is 18.1 Å². The Morgan fingerprint density at radius 3 is 1.97 bits per heavy atom. The number of carbonyl (C=O) groups excluding carboxylic acids is 3. The average molecular weight is 478 g/mol. The topological polar surface area (TPSA) is 197 Å². The van der Waals surface area contributed by atoms with Crippen molar-refractivity contribution in [1.82, 2.24) is 16.0 Å². The molecule has 0 spiro atoms. The Bertz CT molecular complexity index is 607. The van der Waals surface area contributed by atoms with Gasteiger partial charge in [0, 0.05) is 0 Å². The number of aliphatic hydroxyl groups excluding tert-OH is 1. The van der Waals surface area contributed by atoms with Crippen LogP contribution in [0.1, 0.15) is 46.0 Å². The highest BCUT2D eigenvalue weighted by Gasteiger charge is 2.30. The molecule has 4 unspecified atom stereocenters. The molecule has 0 aliphatic rings. The summed E-state index contributed by atoms with van der Waals surface area (Å²) in [5, 5.41) is 26.2. The molecule has 0 aromatic heterocycles. The normalized spacial score (nSPS) is 14.8. The maximum Gasteiger partial charge on any atom is 0.326 e. The largest absolute Gasteiger partial charge is 0.480 e. The van der Waals surface area contributed by atoms with Crippen molar-refractivity contribution in [2.45, 2.75) is 70.1 Å². The van der Waals surface area contributed by atoms with Gasteiger partial charge in [-0.25, -0.2) is 4.79 Å². The molecular formula is C20H39N5O6S. The van der Waals surface area contributed by atoms with Gasteiger partial charge in [-0.3, -0.25) is 14.4 Å². The minimum absolute atomic E-state index is 0.0498. The highest BCUT2D eigenvalue weighted by molar-refractivity contribution is 7.98. The molecule has 0 aromatic carbocycles. The Morgan fingerprint density at radius 2 is 1.47 bits per heavy atom. The Hall–Kier alpha value is -1.89. The number of amides is 3. The standard InChI is InChI=1S/C20H39N5O6S/c1-12(2)10-15(24-17(27)13(22)7-9-32-3)18(28)25-16(11-26)19(29)23-14(20(30)31)6-4-5-8-21/h12-16,26H,4-11,21-22H2,1-3H3,(H,23,29)(H,24,27)(H,25,28)(H,30,31). The highest BCUT2D eigenvalue weighted by Crippen LogP contribution is 2.07. The summed E-state index contributed by atoms with van der Waals surface area (Å²) in [7, 11) is 0. The Kier molecular flexibility index (Phi) is 15.7. The zero-order chi connectivity index (χ0) is 24.7. The second kappa shape index (κ2) is 16.7. The number of unbranched alkanes of at least 4 members (excludes halogenated alkanes) is 1. The van der Waals surface area contributed by atoms with E-state index in [9.17, 15) is 29.4 Å². The van der Waals surface area contributed by atoms with Crippen LogP contribution in [0.3, 0.4) is 0 Å². The van der Waals surface area contributed by atoms with E-state index in [0.717, 1.165) is 0 Å². The van der Waals surface area contributed by atoms with Crippen LogP contribution in [0.2, 0.25) is 0 Å². The highest BCUT2D eigenvalue weighted by atomic mass is 32.2. The number of carbonyl (C=O) groups is 4. The molecule has 0 bridgehead atoms. The number of rotatable bonds is 17. The number of aliphatic carboxylic acids is 1. The quantitative estimate of drug-likeness (QED) is 0.125. The van der Waals surface area contributed by atoms with Crippen molar-refractivity contribution < 1.29 is 29.4 Å². The smallest absolute Gasteiger partial charge is 0.326 e. The molecular weight excluding hydrogens is 438 g/mol. The summed E-state index contributed by atoms with van der Waals surface area (Å²) in [6, 6.07) is -4.26. The van der Waals surface area contributed by atoms with Crippen LogP contribution in [-0.4, -0.2) is 83.2 Å². The lowest BCUT2D eigenvalue weighted by atomic mass is 10.0. The third kappa shape index (κ3) is 12.2. The van der Waals surface area contributed by atoms with E-state index in [4.69, 9.17) is 11.5 Å². The summed E-state index contributed by atoms with van der Waals surface area (Å²) in [6.07, 6.45) is 3.92. The number of carboxylic acids is 1. The van der Waals surface area contributed by atoms with Gasteiger partial charge in [-0.05, 0) is 56.6 Å². The molecule has 12 heteroatoms. The van der Waals surface area contributed by atoms with Crippen LogP contribution in [0, 0.1) is 5.92 Å². The van der Waals surface area contributed by atoms with Crippen LogP contribution in [0.25, 0.3) is 0 Å². The third-order valence-corrected chi connectivity index (χ3v) is 5.33. The van der Waals surface area contributed by atoms with Crippen LogP contribution >= 0.6 is 11.8 Å². The van der Waals surface area contributed by atoms with Gasteiger partial charge in [0.25, 0.3) is 0 Å². The fourth-order valence-corrected chi connectivity index (χ4v) is 3.34. The molecule has 0 aliphatic heterocycles. The zero-order valence-corrected chi connectivity index (χ0v) is 20.0. The summed E-state index contributed by atoms with van der Waals surface area (Å²) in [5.74, 6) is -2.44. The lowest BCUT2D eigenvalue weighted by Gasteiger charge is -2.25. The number of carboxylic acid groups (broad SMARTS) is 1. The molecule has 0 saturated heterocycles. The Balaban J connectivity index is 5.13. The van der Waals surface area contributed by atoms with Gasteiger partial charge in [0.05, 0.1) is 12.6 Å². The maximum absolute atomic E-state index is 12.8. The second-order valence-corrected chi connectivity index (χ2v) is 8.99. The third-order valence-electron chi connectivity index (χ3n) is 4.69. The van der Waals surface area contributed by atoms with E-state index in [1.165, 1.54) is 0 Å². The van der Waals surface area contributed by atoms with Gasteiger partial charge >= 0.3 is 5.97 Å². The number of thioether (sulfide) groups is 1. The van der Waals surface area contributed by atoms with Gasteiger partial charge in [0.2, 0.25) is 17.7 Å². The molecule has 9 N–H and O–H groups in total. The van der Waals surface area contributed by atoms with Crippen molar-refractivity contribution in [3.05, 3.63) is 0 Å². The van der Waals surface area contributed by atoms with Crippen molar-refractivity contribution in [1.29, 1.82) is 0 Å². The summed E-state index contributed by atoms with van der Waals surface area (Å²) >= 11 is 1.55. The van der Waals surface area contributed by atoms with Crippen molar-refractivity contribution in [2.75, 3.05) is 25.2 Å². The predicted molar refractivity (Wildman–Crippen MR) is 124 cm³/mol. The summed E-state index contributed by atoms with van der Waals surface area (Å²) in [6.45, 7) is 3.41. The van der Waals surface area contributed by atoms with Crippen molar-refractivity contribution >= 4 is 35.5 Å².